The lowest BCUT2D eigenvalue weighted by Crippen LogP contribution is -2.58. The number of fused-ring (bicyclic) bond motifs is 2. The average Bonchev–Trinajstić information content (AvgIpc) is 2.74. The summed E-state index contributed by atoms with van der Waals surface area (Å²) in [6.07, 6.45) is 4.94. The minimum atomic E-state index is -0.384. The molecule has 3 rings (SSSR count). The Morgan fingerprint density at radius 1 is 1.29 bits per heavy atom. The van der Waals surface area contributed by atoms with Crippen LogP contribution in [0.1, 0.15) is 46.0 Å². The number of ether oxygens (including phenoxy) is 2. The number of ketones is 1. The molecule has 17 heavy (non-hydrogen) atoms. The van der Waals surface area contributed by atoms with E-state index >= 15 is 0 Å². The van der Waals surface area contributed by atoms with Gasteiger partial charge in [0, 0.05) is 24.2 Å². The third-order valence-electron chi connectivity index (χ3n) is 5.31. The van der Waals surface area contributed by atoms with Gasteiger partial charge in [0.05, 0.1) is 13.2 Å². The van der Waals surface area contributed by atoms with Gasteiger partial charge in [0.15, 0.2) is 5.79 Å². The molecule has 2 saturated carbocycles. The fraction of sp³-hybridized carbons (Fsp3) is 0.929. The summed E-state index contributed by atoms with van der Waals surface area (Å²) >= 11 is 0. The lowest BCUT2D eigenvalue weighted by molar-refractivity contribution is -0.276. The van der Waals surface area contributed by atoms with E-state index in [-0.39, 0.29) is 17.1 Å². The Hall–Kier alpha value is -0.410. The molecule has 1 unspecified atom stereocenters. The minimum absolute atomic E-state index is 0.0368. The van der Waals surface area contributed by atoms with Gasteiger partial charge >= 0.3 is 0 Å². The van der Waals surface area contributed by atoms with Gasteiger partial charge < -0.3 is 9.47 Å². The summed E-state index contributed by atoms with van der Waals surface area (Å²) in [6.45, 7) is 5.77. The van der Waals surface area contributed by atoms with Crippen LogP contribution in [-0.4, -0.2) is 24.8 Å². The fourth-order valence-electron chi connectivity index (χ4n) is 4.27. The molecule has 0 aromatic carbocycles. The van der Waals surface area contributed by atoms with Gasteiger partial charge in [-0.25, -0.2) is 0 Å². The summed E-state index contributed by atoms with van der Waals surface area (Å²) in [5.41, 5.74) is 0.0368. The summed E-state index contributed by atoms with van der Waals surface area (Å²) in [4.78, 5) is 11.9. The van der Waals surface area contributed by atoms with E-state index < -0.39 is 0 Å². The Bertz CT molecular complexity index is 332. The molecule has 0 bridgehead atoms. The molecule has 1 spiro atoms. The van der Waals surface area contributed by atoms with Gasteiger partial charge in [0.25, 0.3) is 0 Å². The molecular formula is C14H22O3. The van der Waals surface area contributed by atoms with E-state index in [1.54, 1.807) is 0 Å². The maximum atomic E-state index is 11.9. The highest BCUT2D eigenvalue weighted by Gasteiger charge is 2.60. The highest BCUT2D eigenvalue weighted by atomic mass is 16.7. The molecule has 3 nitrogen and oxygen atoms in total. The molecule has 3 fully saturated rings. The zero-order chi connectivity index (χ0) is 12.1. The van der Waals surface area contributed by atoms with Gasteiger partial charge in [-0.1, -0.05) is 13.8 Å². The molecule has 0 amide bonds. The van der Waals surface area contributed by atoms with E-state index in [0.29, 0.717) is 24.9 Å². The molecular weight excluding hydrogens is 216 g/mol. The van der Waals surface area contributed by atoms with Crippen molar-refractivity contribution >= 4 is 5.78 Å². The number of hydrogen-bond acceptors (Lipinski definition) is 3. The van der Waals surface area contributed by atoms with Gasteiger partial charge in [-0.2, -0.15) is 0 Å². The number of hydrogen-bond donors (Lipinski definition) is 0. The maximum absolute atomic E-state index is 11.9. The second kappa shape index (κ2) is 3.79. The molecule has 0 aromatic heterocycles. The van der Waals surface area contributed by atoms with E-state index in [0.717, 1.165) is 32.1 Å². The third kappa shape index (κ3) is 1.52. The first-order chi connectivity index (χ1) is 8.07. The number of carbonyl (C=O) groups is 1. The topological polar surface area (TPSA) is 35.5 Å². The van der Waals surface area contributed by atoms with Crippen LogP contribution in [-0.2, 0) is 14.3 Å². The summed E-state index contributed by atoms with van der Waals surface area (Å²) in [5.74, 6) is 0.671. The largest absolute Gasteiger partial charge is 0.347 e. The second-order valence-corrected chi connectivity index (χ2v) is 6.23. The molecule has 0 N–H and O–H groups in total. The molecule has 3 atom stereocenters. The van der Waals surface area contributed by atoms with Crippen LogP contribution in [0.4, 0.5) is 0 Å². The highest BCUT2D eigenvalue weighted by Crippen LogP contribution is 2.58. The van der Waals surface area contributed by atoms with Crippen LogP contribution in [0.2, 0.25) is 0 Å². The number of rotatable bonds is 0. The van der Waals surface area contributed by atoms with Crippen LogP contribution in [0.25, 0.3) is 0 Å². The Balaban J connectivity index is 1.95. The van der Waals surface area contributed by atoms with Crippen molar-refractivity contribution in [2.45, 2.75) is 51.7 Å². The first kappa shape index (κ1) is 11.7. The smallest absolute Gasteiger partial charge is 0.174 e. The van der Waals surface area contributed by atoms with Crippen molar-refractivity contribution in [2.24, 2.45) is 17.3 Å². The van der Waals surface area contributed by atoms with Crippen LogP contribution in [0.5, 0.6) is 0 Å². The predicted molar refractivity (Wildman–Crippen MR) is 63.5 cm³/mol. The van der Waals surface area contributed by atoms with E-state index in [2.05, 4.69) is 13.8 Å². The number of Topliss-reactive ketones (excluding diaryl/α,β-unsaturated/α-hetero) is 1. The Morgan fingerprint density at radius 2 is 2.00 bits per heavy atom. The van der Waals surface area contributed by atoms with Gasteiger partial charge in [-0.3, -0.25) is 4.79 Å². The van der Waals surface area contributed by atoms with Crippen molar-refractivity contribution in [1.82, 2.24) is 0 Å². The monoisotopic (exact) mass is 238 g/mol. The van der Waals surface area contributed by atoms with Crippen molar-refractivity contribution in [3.05, 3.63) is 0 Å². The van der Waals surface area contributed by atoms with E-state index in [1.165, 1.54) is 0 Å². The molecule has 1 heterocycles. The molecule has 0 radical (unpaired) electrons. The summed E-state index contributed by atoms with van der Waals surface area (Å²) in [5, 5.41) is 0. The fourth-order valence-corrected chi connectivity index (χ4v) is 4.27. The normalized spacial score (nSPS) is 44.9. The van der Waals surface area contributed by atoms with E-state index in [1.807, 2.05) is 0 Å². The summed E-state index contributed by atoms with van der Waals surface area (Å²) < 4.78 is 12.0. The standard InChI is InChI=1S/C14H22O3/c1-10-9-13(2)11(8-12(10)15)4-3-5-14(13)16-6-7-17-14/h10-11H,3-9H2,1-2H3/t10?,11-,13+/m1/s1. The van der Waals surface area contributed by atoms with Crippen molar-refractivity contribution in [2.75, 3.05) is 13.2 Å². The molecule has 3 heteroatoms. The zero-order valence-corrected chi connectivity index (χ0v) is 10.8. The molecule has 0 aromatic rings. The summed E-state index contributed by atoms with van der Waals surface area (Å²) in [6, 6.07) is 0. The minimum Gasteiger partial charge on any atom is -0.347 e. The third-order valence-corrected chi connectivity index (χ3v) is 5.31. The molecule has 96 valence electrons. The van der Waals surface area contributed by atoms with Crippen molar-refractivity contribution in [1.29, 1.82) is 0 Å². The highest BCUT2D eigenvalue weighted by molar-refractivity contribution is 5.82. The van der Waals surface area contributed by atoms with Gasteiger partial charge in [-0.15, -0.1) is 0 Å². The predicted octanol–water partition coefficient (Wildman–Crippen LogP) is 2.53. The maximum Gasteiger partial charge on any atom is 0.174 e. The van der Waals surface area contributed by atoms with Crippen LogP contribution < -0.4 is 0 Å². The van der Waals surface area contributed by atoms with Gasteiger partial charge in [-0.05, 0) is 25.2 Å². The average molecular weight is 238 g/mol. The second-order valence-electron chi connectivity index (χ2n) is 6.23. The quantitative estimate of drug-likeness (QED) is 0.650. The van der Waals surface area contributed by atoms with Crippen LogP contribution in [0.3, 0.4) is 0 Å². The van der Waals surface area contributed by atoms with Crippen LogP contribution in [0.15, 0.2) is 0 Å². The molecule has 1 aliphatic heterocycles. The van der Waals surface area contributed by atoms with Gasteiger partial charge in [0.1, 0.15) is 5.78 Å². The number of carbonyl (C=O) groups excluding carboxylic acids is 1. The van der Waals surface area contributed by atoms with E-state index in [9.17, 15) is 4.79 Å². The van der Waals surface area contributed by atoms with Crippen LogP contribution in [0, 0.1) is 17.3 Å². The van der Waals surface area contributed by atoms with Crippen molar-refractivity contribution in [3.8, 4) is 0 Å². The summed E-state index contributed by atoms with van der Waals surface area (Å²) in [7, 11) is 0. The lowest BCUT2D eigenvalue weighted by Gasteiger charge is -2.55. The van der Waals surface area contributed by atoms with Crippen LogP contribution >= 0.6 is 0 Å². The molecule has 3 aliphatic rings. The Labute approximate surface area is 103 Å². The van der Waals surface area contributed by atoms with Crippen molar-refractivity contribution < 1.29 is 14.3 Å². The zero-order valence-electron chi connectivity index (χ0n) is 10.8. The Morgan fingerprint density at radius 3 is 2.71 bits per heavy atom. The Kier molecular flexibility index (Phi) is 2.60. The van der Waals surface area contributed by atoms with Gasteiger partial charge in [0.2, 0.25) is 0 Å². The molecule has 2 aliphatic carbocycles. The van der Waals surface area contributed by atoms with E-state index in [4.69, 9.17) is 9.47 Å². The molecule has 1 saturated heterocycles. The van der Waals surface area contributed by atoms with Crippen molar-refractivity contribution in [3.63, 3.8) is 0 Å². The SMILES string of the molecule is CC1C[C@@]2(C)[C@H](CCCC23OCCO3)CC1=O. The first-order valence-electron chi connectivity index (χ1n) is 6.88. The lowest BCUT2D eigenvalue weighted by atomic mass is 9.55. The first-order valence-corrected chi connectivity index (χ1v) is 6.88.